The minimum atomic E-state index is -0.0448. The van der Waals surface area contributed by atoms with Gasteiger partial charge in [0.15, 0.2) is 11.4 Å². The van der Waals surface area contributed by atoms with Crippen molar-refractivity contribution >= 4 is 17.2 Å². The normalized spacial score (nSPS) is 17.8. The van der Waals surface area contributed by atoms with Crippen LogP contribution in [0.4, 0.5) is 5.82 Å². The number of anilines is 1. The summed E-state index contributed by atoms with van der Waals surface area (Å²) in [7, 11) is 0. The number of aryl methyl sites for hydroxylation is 1. The number of carbonyl (C=O) groups is 1. The molecule has 128 valence electrons. The van der Waals surface area contributed by atoms with Crippen LogP contribution < -0.4 is 4.90 Å². The molecule has 1 aromatic carbocycles. The van der Waals surface area contributed by atoms with E-state index < -0.39 is 0 Å². The second kappa shape index (κ2) is 6.29. The third-order valence-corrected chi connectivity index (χ3v) is 4.55. The monoisotopic (exact) mass is 336 g/mol. The first-order chi connectivity index (χ1) is 12.1. The van der Waals surface area contributed by atoms with Crippen LogP contribution in [0.1, 0.15) is 34.6 Å². The van der Waals surface area contributed by atoms with E-state index in [2.05, 4.69) is 46.2 Å². The lowest BCUT2D eigenvalue weighted by Gasteiger charge is -2.34. The van der Waals surface area contributed by atoms with Gasteiger partial charge < -0.3 is 9.64 Å². The van der Waals surface area contributed by atoms with Crippen molar-refractivity contribution in [2.75, 3.05) is 24.6 Å². The van der Waals surface area contributed by atoms with Gasteiger partial charge in [-0.3, -0.25) is 4.79 Å². The van der Waals surface area contributed by atoms with Gasteiger partial charge in [-0.15, -0.1) is 5.10 Å². The number of ether oxygens (including phenoxy) is 1. The number of imidazole rings is 1. The lowest BCUT2D eigenvalue weighted by atomic mass is 10.1. The van der Waals surface area contributed by atoms with Crippen LogP contribution in [0.15, 0.2) is 42.6 Å². The Kier molecular flexibility index (Phi) is 3.97. The molecule has 1 aliphatic heterocycles. The zero-order valence-electron chi connectivity index (χ0n) is 14.3. The van der Waals surface area contributed by atoms with E-state index >= 15 is 0 Å². The molecule has 6 nitrogen and oxygen atoms in total. The molecular formula is C19H20N4O2. The molecule has 0 saturated carbocycles. The molecule has 2 aromatic heterocycles. The fourth-order valence-electron chi connectivity index (χ4n) is 3.11. The molecule has 1 unspecified atom stereocenters. The molecule has 0 radical (unpaired) electrons. The molecule has 1 aliphatic rings. The molecule has 0 aliphatic carbocycles. The van der Waals surface area contributed by atoms with E-state index in [1.54, 1.807) is 10.7 Å². The number of carbonyl (C=O) groups excluding carboxylic acids is 1. The first-order valence-corrected chi connectivity index (χ1v) is 8.40. The van der Waals surface area contributed by atoms with Crippen LogP contribution in [0.3, 0.4) is 0 Å². The van der Waals surface area contributed by atoms with Crippen molar-refractivity contribution in [2.24, 2.45) is 0 Å². The molecule has 6 heteroatoms. The molecule has 0 amide bonds. The summed E-state index contributed by atoms with van der Waals surface area (Å²) in [6.45, 7) is 5.74. The Morgan fingerprint density at radius 1 is 1.20 bits per heavy atom. The van der Waals surface area contributed by atoms with Crippen molar-refractivity contribution in [1.29, 1.82) is 0 Å². The fourth-order valence-corrected chi connectivity index (χ4v) is 3.11. The Morgan fingerprint density at radius 2 is 2.00 bits per heavy atom. The highest BCUT2D eigenvalue weighted by molar-refractivity contribution is 5.92. The van der Waals surface area contributed by atoms with E-state index in [1.165, 1.54) is 18.1 Å². The highest BCUT2D eigenvalue weighted by Crippen LogP contribution is 2.25. The Morgan fingerprint density at radius 3 is 2.76 bits per heavy atom. The van der Waals surface area contributed by atoms with Crippen LogP contribution in [0.2, 0.25) is 0 Å². The highest BCUT2D eigenvalue weighted by atomic mass is 16.5. The molecule has 3 heterocycles. The topological polar surface area (TPSA) is 59.7 Å². The zero-order valence-corrected chi connectivity index (χ0v) is 14.3. The van der Waals surface area contributed by atoms with Crippen LogP contribution in [-0.2, 0) is 4.74 Å². The van der Waals surface area contributed by atoms with E-state index in [0.717, 1.165) is 18.9 Å². The van der Waals surface area contributed by atoms with Gasteiger partial charge in [-0.25, -0.2) is 9.50 Å². The average Bonchev–Trinajstić information content (AvgIpc) is 3.06. The van der Waals surface area contributed by atoms with Gasteiger partial charge >= 0.3 is 0 Å². The Labute approximate surface area is 146 Å². The summed E-state index contributed by atoms with van der Waals surface area (Å²) in [6.07, 6.45) is 1.59. The van der Waals surface area contributed by atoms with E-state index in [-0.39, 0.29) is 11.9 Å². The number of morpholine rings is 1. The number of hydrogen-bond acceptors (Lipinski definition) is 5. The van der Waals surface area contributed by atoms with Crippen molar-refractivity contribution in [3.63, 3.8) is 0 Å². The summed E-state index contributed by atoms with van der Waals surface area (Å²) < 4.78 is 7.57. The molecule has 3 aromatic rings. The van der Waals surface area contributed by atoms with Gasteiger partial charge in [-0.1, -0.05) is 29.8 Å². The molecule has 0 spiro atoms. The van der Waals surface area contributed by atoms with Crippen LogP contribution in [-0.4, -0.2) is 40.1 Å². The number of benzene rings is 1. The van der Waals surface area contributed by atoms with Crippen LogP contribution in [0, 0.1) is 6.92 Å². The Balaban J connectivity index is 1.62. The van der Waals surface area contributed by atoms with E-state index in [9.17, 15) is 4.79 Å². The maximum absolute atomic E-state index is 11.7. The predicted octanol–water partition coefficient (Wildman–Crippen LogP) is 2.82. The highest BCUT2D eigenvalue weighted by Gasteiger charge is 2.23. The van der Waals surface area contributed by atoms with E-state index in [4.69, 9.17) is 4.74 Å². The Hall–Kier alpha value is -2.73. The van der Waals surface area contributed by atoms with Gasteiger partial charge in [0.05, 0.1) is 12.8 Å². The number of hydrogen-bond donors (Lipinski definition) is 0. The predicted molar refractivity (Wildman–Crippen MR) is 95.1 cm³/mol. The standard InChI is InChI=1S/C19H20N4O2/c1-13-3-5-15(6-4-13)17-12-22(9-10-25-17)19-8-7-18-20-11-16(14(2)24)23(18)21-19/h3-8,11,17H,9-10,12H2,1-2H3. The molecule has 4 rings (SSSR count). The minimum Gasteiger partial charge on any atom is -0.370 e. The summed E-state index contributed by atoms with van der Waals surface area (Å²) in [4.78, 5) is 18.2. The van der Waals surface area contributed by atoms with Crippen LogP contribution in [0.5, 0.6) is 0 Å². The van der Waals surface area contributed by atoms with Gasteiger partial charge in [-0.05, 0) is 24.6 Å². The SMILES string of the molecule is CC(=O)c1cnc2ccc(N3CCOC(c4ccc(C)cc4)C3)nn12. The molecule has 1 saturated heterocycles. The maximum Gasteiger partial charge on any atom is 0.179 e. The molecule has 1 fully saturated rings. The van der Waals surface area contributed by atoms with Crippen LogP contribution >= 0.6 is 0 Å². The number of Topliss-reactive ketones (excluding diaryl/α,β-unsaturated/α-hetero) is 1. The molecular weight excluding hydrogens is 316 g/mol. The first kappa shape index (κ1) is 15.8. The zero-order chi connectivity index (χ0) is 17.4. The van der Waals surface area contributed by atoms with Crippen molar-refractivity contribution in [2.45, 2.75) is 20.0 Å². The number of ketones is 1. The summed E-state index contributed by atoms with van der Waals surface area (Å²) >= 11 is 0. The smallest absolute Gasteiger partial charge is 0.179 e. The molecule has 1 atom stereocenters. The summed E-state index contributed by atoms with van der Waals surface area (Å²) in [5, 5.41) is 4.63. The lowest BCUT2D eigenvalue weighted by molar-refractivity contribution is 0.0394. The second-order valence-corrected chi connectivity index (χ2v) is 6.38. The first-order valence-electron chi connectivity index (χ1n) is 8.40. The van der Waals surface area contributed by atoms with Gasteiger partial charge in [0.25, 0.3) is 0 Å². The summed E-state index contributed by atoms with van der Waals surface area (Å²) in [5.74, 6) is 0.782. The summed E-state index contributed by atoms with van der Waals surface area (Å²) in [5.41, 5.74) is 3.58. The van der Waals surface area contributed by atoms with E-state index in [0.29, 0.717) is 17.9 Å². The quantitative estimate of drug-likeness (QED) is 0.688. The largest absolute Gasteiger partial charge is 0.370 e. The number of rotatable bonds is 3. The van der Waals surface area contributed by atoms with Gasteiger partial charge in [0.2, 0.25) is 0 Å². The third-order valence-electron chi connectivity index (χ3n) is 4.55. The average molecular weight is 336 g/mol. The third kappa shape index (κ3) is 3.00. The minimum absolute atomic E-state index is 0.0157. The number of nitrogens with zero attached hydrogens (tertiary/aromatic N) is 4. The lowest BCUT2D eigenvalue weighted by Crippen LogP contribution is -2.39. The number of fused-ring (bicyclic) bond motifs is 1. The molecule has 0 bridgehead atoms. The summed E-state index contributed by atoms with van der Waals surface area (Å²) in [6, 6.07) is 12.3. The van der Waals surface area contributed by atoms with Crippen molar-refractivity contribution < 1.29 is 9.53 Å². The van der Waals surface area contributed by atoms with Gasteiger partial charge in [-0.2, -0.15) is 0 Å². The van der Waals surface area contributed by atoms with Crippen molar-refractivity contribution in [3.05, 3.63) is 59.4 Å². The van der Waals surface area contributed by atoms with Gasteiger partial charge in [0.1, 0.15) is 17.6 Å². The fraction of sp³-hybridized carbons (Fsp3) is 0.316. The van der Waals surface area contributed by atoms with Crippen LogP contribution in [0.25, 0.3) is 5.65 Å². The van der Waals surface area contributed by atoms with E-state index in [1.807, 2.05) is 12.1 Å². The van der Waals surface area contributed by atoms with Crippen molar-refractivity contribution in [3.8, 4) is 0 Å². The second-order valence-electron chi connectivity index (χ2n) is 6.38. The molecule has 25 heavy (non-hydrogen) atoms. The maximum atomic E-state index is 11.7. The van der Waals surface area contributed by atoms with Gasteiger partial charge in [0, 0.05) is 20.0 Å². The number of aromatic nitrogens is 3. The molecule has 0 N–H and O–H groups in total. The Bertz CT molecular complexity index is 917. The van der Waals surface area contributed by atoms with Crippen molar-refractivity contribution in [1.82, 2.24) is 14.6 Å².